The summed E-state index contributed by atoms with van der Waals surface area (Å²) in [7, 11) is 0. The maximum atomic E-state index is 5.52. The molecule has 1 fully saturated rings. The number of rotatable bonds is 5. The highest BCUT2D eigenvalue weighted by atomic mass is 32.1. The number of aromatic nitrogens is 2. The van der Waals surface area contributed by atoms with Crippen LogP contribution in [0, 0.1) is 0 Å². The van der Waals surface area contributed by atoms with Crippen molar-refractivity contribution < 1.29 is 4.74 Å². The minimum Gasteiger partial charge on any atom is -0.379 e. The molecule has 2 aliphatic rings. The molecule has 0 unspecified atom stereocenters. The van der Waals surface area contributed by atoms with Crippen LogP contribution in [0.4, 0.5) is 5.82 Å². The van der Waals surface area contributed by atoms with Crippen LogP contribution in [0.15, 0.2) is 59.3 Å². The van der Waals surface area contributed by atoms with Crippen LogP contribution < -0.4 is 4.90 Å². The molecule has 7 heteroatoms. The smallest absolute Gasteiger partial charge is 0.146 e. The summed E-state index contributed by atoms with van der Waals surface area (Å²) in [5.41, 5.74) is 4.01. The van der Waals surface area contributed by atoms with Crippen LogP contribution >= 0.6 is 22.7 Å². The van der Waals surface area contributed by atoms with E-state index in [1.807, 2.05) is 0 Å². The van der Waals surface area contributed by atoms with Crippen LogP contribution in [0.5, 0.6) is 0 Å². The number of thiophene rings is 2. The van der Waals surface area contributed by atoms with Crippen LogP contribution in [-0.4, -0.2) is 54.3 Å². The zero-order chi connectivity index (χ0) is 22.0. The van der Waals surface area contributed by atoms with Crippen molar-refractivity contribution >= 4 is 44.3 Å². The summed E-state index contributed by atoms with van der Waals surface area (Å²) in [5, 5.41) is 5.59. The molecule has 0 aliphatic carbocycles. The summed E-state index contributed by atoms with van der Waals surface area (Å²) >= 11 is 3.51. The fourth-order valence-corrected chi connectivity index (χ4v) is 6.39. The summed E-state index contributed by atoms with van der Waals surface area (Å²) in [6.45, 7) is 6.06. The number of ether oxygens (including phenoxy) is 1. The number of morpholine rings is 1. The lowest BCUT2D eigenvalue weighted by Gasteiger charge is -2.29. The highest BCUT2D eigenvalue weighted by Gasteiger charge is 2.23. The Kier molecular flexibility index (Phi) is 5.94. The number of fused-ring (bicyclic) bond motifs is 1. The lowest BCUT2D eigenvalue weighted by atomic mass is 9.99. The van der Waals surface area contributed by atoms with E-state index in [1.165, 1.54) is 27.0 Å². The molecule has 5 nitrogen and oxygen atoms in total. The molecule has 1 saturated heterocycles. The average molecular weight is 475 g/mol. The number of hydrogen-bond donors (Lipinski definition) is 0. The molecule has 4 aromatic rings. The standard InChI is InChI=1S/C26H26N4OS2/c1-2-5-19(6-3-1)20-8-10-30(11-9-20)25-24-21(22-7-4-16-32-22)18-33-26(24)28-23(27-25)17-29-12-14-31-15-13-29/h1-8,16,18H,9-15,17H2. The van der Waals surface area contributed by atoms with Gasteiger partial charge in [0.1, 0.15) is 16.5 Å². The van der Waals surface area contributed by atoms with Gasteiger partial charge in [-0.2, -0.15) is 0 Å². The lowest BCUT2D eigenvalue weighted by Crippen LogP contribution is -2.36. The Morgan fingerprint density at radius 1 is 0.939 bits per heavy atom. The molecular weight excluding hydrogens is 448 g/mol. The van der Waals surface area contributed by atoms with Gasteiger partial charge >= 0.3 is 0 Å². The number of nitrogens with zero attached hydrogens (tertiary/aromatic N) is 4. The van der Waals surface area contributed by atoms with Crippen LogP contribution in [0.25, 0.3) is 26.2 Å². The lowest BCUT2D eigenvalue weighted by molar-refractivity contribution is 0.0331. The molecule has 0 N–H and O–H groups in total. The minimum atomic E-state index is 0.775. The van der Waals surface area contributed by atoms with Gasteiger partial charge in [0.05, 0.1) is 25.1 Å². The minimum absolute atomic E-state index is 0.775. The Bertz CT molecular complexity index is 1260. The first-order valence-electron chi connectivity index (χ1n) is 11.5. The van der Waals surface area contributed by atoms with Crippen molar-refractivity contribution in [3.05, 3.63) is 70.7 Å². The van der Waals surface area contributed by atoms with Crippen molar-refractivity contribution in [2.75, 3.05) is 44.3 Å². The van der Waals surface area contributed by atoms with Gasteiger partial charge < -0.3 is 9.64 Å². The third-order valence-electron chi connectivity index (χ3n) is 6.37. The van der Waals surface area contributed by atoms with E-state index in [-0.39, 0.29) is 0 Å². The van der Waals surface area contributed by atoms with E-state index in [1.54, 1.807) is 22.7 Å². The topological polar surface area (TPSA) is 41.5 Å². The Balaban J connectivity index is 1.38. The van der Waals surface area contributed by atoms with Crippen molar-refractivity contribution in [3.63, 3.8) is 0 Å². The van der Waals surface area contributed by atoms with Gasteiger partial charge in [-0.15, -0.1) is 22.7 Å². The van der Waals surface area contributed by atoms with Gasteiger partial charge in [0.2, 0.25) is 0 Å². The molecule has 3 aromatic heterocycles. The molecule has 0 radical (unpaired) electrons. The van der Waals surface area contributed by atoms with Crippen molar-refractivity contribution in [3.8, 4) is 10.4 Å². The maximum absolute atomic E-state index is 5.52. The van der Waals surface area contributed by atoms with E-state index < -0.39 is 0 Å². The molecule has 0 atom stereocenters. The SMILES string of the molecule is C1=C(c2ccccc2)CCN(c2nc(CN3CCOCC3)nc3scc(-c4cccs4)c23)C1. The predicted octanol–water partition coefficient (Wildman–Crippen LogP) is 5.55. The zero-order valence-corrected chi connectivity index (χ0v) is 20.1. The van der Waals surface area contributed by atoms with Gasteiger partial charge in [-0.3, -0.25) is 4.90 Å². The first-order chi connectivity index (χ1) is 16.3. The second kappa shape index (κ2) is 9.35. The number of benzene rings is 1. The van der Waals surface area contributed by atoms with E-state index in [2.05, 4.69) is 69.1 Å². The van der Waals surface area contributed by atoms with Crippen molar-refractivity contribution in [1.82, 2.24) is 14.9 Å². The van der Waals surface area contributed by atoms with E-state index in [0.717, 1.165) is 68.8 Å². The normalized spacial score (nSPS) is 17.5. The van der Waals surface area contributed by atoms with Crippen LogP contribution in [0.1, 0.15) is 17.8 Å². The molecule has 168 valence electrons. The van der Waals surface area contributed by atoms with Gasteiger partial charge in [-0.05, 0) is 29.0 Å². The highest BCUT2D eigenvalue weighted by molar-refractivity contribution is 7.18. The molecule has 0 saturated carbocycles. The fraction of sp³-hybridized carbons (Fsp3) is 0.308. The van der Waals surface area contributed by atoms with Gasteiger partial charge in [-0.25, -0.2) is 9.97 Å². The summed E-state index contributed by atoms with van der Waals surface area (Å²) in [6, 6.07) is 15.0. The summed E-state index contributed by atoms with van der Waals surface area (Å²) < 4.78 is 5.52. The van der Waals surface area contributed by atoms with Crippen molar-refractivity contribution in [2.45, 2.75) is 13.0 Å². The quantitative estimate of drug-likeness (QED) is 0.380. The van der Waals surface area contributed by atoms with Crippen molar-refractivity contribution in [1.29, 1.82) is 0 Å². The van der Waals surface area contributed by atoms with E-state index >= 15 is 0 Å². The fourth-order valence-electron chi connectivity index (χ4n) is 4.61. The zero-order valence-electron chi connectivity index (χ0n) is 18.4. The summed E-state index contributed by atoms with van der Waals surface area (Å²) in [5.74, 6) is 1.99. The first-order valence-corrected chi connectivity index (χ1v) is 13.2. The molecule has 0 spiro atoms. The van der Waals surface area contributed by atoms with E-state index in [4.69, 9.17) is 14.7 Å². The Morgan fingerprint density at radius 2 is 1.82 bits per heavy atom. The molecule has 0 bridgehead atoms. The van der Waals surface area contributed by atoms with Gasteiger partial charge in [0.25, 0.3) is 0 Å². The maximum Gasteiger partial charge on any atom is 0.146 e. The largest absolute Gasteiger partial charge is 0.379 e. The highest BCUT2D eigenvalue weighted by Crippen LogP contribution is 2.41. The van der Waals surface area contributed by atoms with Gasteiger partial charge in [0.15, 0.2) is 0 Å². The average Bonchev–Trinajstić information content (AvgIpc) is 3.55. The van der Waals surface area contributed by atoms with Gasteiger partial charge in [0, 0.05) is 42.0 Å². The molecule has 6 rings (SSSR count). The molecule has 2 aliphatic heterocycles. The number of hydrogen-bond acceptors (Lipinski definition) is 7. The first kappa shape index (κ1) is 21.0. The predicted molar refractivity (Wildman–Crippen MR) is 138 cm³/mol. The Labute approximate surface area is 202 Å². The monoisotopic (exact) mass is 474 g/mol. The molecule has 5 heterocycles. The summed E-state index contributed by atoms with van der Waals surface area (Å²) in [6.07, 6.45) is 3.39. The molecule has 1 aromatic carbocycles. The van der Waals surface area contributed by atoms with Crippen molar-refractivity contribution in [2.24, 2.45) is 0 Å². The number of anilines is 1. The van der Waals surface area contributed by atoms with E-state index in [0.29, 0.717) is 0 Å². The summed E-state index contributed by atoms with van der Waals surface area (Å²) in [4.78, 5) is 17.4. The molecule has 33 heavy (non-hydrogen) atoms. The second-order valence-electron chi connectivity index (χ2n) is 8.45. The Hall–Kier alpha value is -2.58. The van der Waals surface area contributed by atoms with Crippen LogP contribution in [-0.2, 0) is 11.3 Å². The van der Waals surface area contributed by atoms with Crippen LogP contribution in [0.3, 0.4) is 0 Å². The second-order valence-corrected chi connectivity index (χ2v) is 10.3. The molecular formula is C26H26N4OS2. The third-order valence-corrected chi connectivity index (χ3v) is 8.14. The van der Waals surface area contributed by atoms with E-state index in [9.17, 15) is 0 Å². The Morgan fingerprint density at radius 3 is 2.58 bits per heavy atom. The van der Waals surface area contributed by atoms with Crippen LogP contribution in [0.2, 0.25) is 0 Å². The third kappa shape index (κ3) is 4.34. The molecule has 0 amide bonds. The van der Waals surface area contributed by atoms with Gasteiger partial charge in [-0.1, -0.05) is 42.5 Å².